The number of ether oxygens (including phenoxy) is 1. The van der Waals surface area contributed by atoms with Gasteiger partial charge in [-0.15, -0.1) is 0 Å². The van der Waals surface area contributed by atoms with Crippen LogP contribution in [0.2, 0.25) is 0 Å². The number of amides is 1. The number of aliphatic hydroxyl groups excluding tert-OH is 1. The number of β-amino-alcohol motifs (C(OH)–C–C–N with tert-alkyl or cyclic N) is 1. The number of aliphatic hydroxyl groups is 1. The molecule has 0 aromatic carbocycles. The Morgan fingerprint density at radius 2 is 2.17 bits per heavy atom. The standard InChI is InChI=1S/C17H21N3O4/c1-17(2,3)23-16(22)20-10-11(21)8-14(20)15-9-13(19-24-15)12-6-4-5-7-18-12/h4-7,9,11,14,21H,8,10H2,1-3H3. The van der Waals surface area contributed by atoms with E-state index in [1.807, 2.05) is 18.2 Å². The van der Waals surface area contributed by atoms with Gasteiger partial charge < -0.3 is 14.4 Å². The van der Waals surface area contributed by atoms with Gasteiger partial charge in [0.2, 0.25) is 0 Å². The van der Waals surface area contributed by atoms with Gasteiger partial charge in [-0.2, -0.15) is 0 Å². The largest absolute Gasteiger partial charge is 0.444 e. The summed E-state index contributed by atoms with van der Waals surface area (Å²) in [6, 6.07) is 6.87. The molecule has 128 valence electrons. The highest BCUT2D eigenvalue weighted by Crippen LogP contribution is 2.34. The zero-order valence-corrected chi connectivity index (χ0v) is 14.0. The number of rotatable bonds is 2. The minimum absolute atomic E-state index is 0.208. The second-order valence-electron chi connectivity index (χ2n) is 6.87. The predicted octanol–water partition coefficient (Wildman–Crippen LogP) is 2.78. The van der Waals surface area contributed by atoms with E-state index in [0.29, 0.717) is 23.6 Å². The summed E-state index contributed by atoms with van der Waals surface area (Å²) in [7, 11) is 0. The van der Waals surface area contributed by atoms with Crippen LogP contribution < -0.4 is 0 Å². The summed E-state index contributed by atoms with van der Waals surface area (Å²) in [4.78, 5) is 18.1. The lowest BCUT2D eigenvalue weighted by Gasteiger charge is -2.27. The molecular formula is C17H21N3O4. The van der Waals surface area contributed by atoms with Crippen molar-refractivity contribution in [1.82, 2.24) is 15.0 Å². The van der Waals surface area contributed by atoms with Gasteiger partial charge in [-0.25, -0.2) is 4.79 Å². The Kier molecular flexibility index (Phi) is 4.28. The minimum atomic E-state index is -0.620. The average molecular weight is 331 g/mol. The van der Waals surface area contributed by atoms with E-state index in [1.54, 1.807) is 33.0 Å². The van der Waals surface area contributed by atoms with Crippen LogP contribution in [0.4, 0.5) is 4.79 Å². The second kappa shape index (κ2) is 6.24. The van der Waals surface area contributed by atoms with Gasteiger partial charge in [-0.3, -0.25) is 9.88 Å². The van der Waals surface area contributed by atoms with E-state index < -0.39 is 23.8 Å². The molecule has 0 aliphatic carbocycles. The highest BCUT2D eigenvalue weighted by atomic mass is 16.6. The van der Waals surface area contributed by atoms with Crippen LogP contribution in [0.3, 0.4) is 0 Å². The maximum atomic E-state index is 12.4. The van der Waals surface area contributed by atoms with Crippen molar-refractivity contribution in [2.75, 3.05) is 6.54 Å². The number of carbonyl (C=O) groups excluding carboxylic acids is 1. The molecule has 1 saturated heterocycles. The van der Waals surface area contributed by atoms with E-state index in [9.17, 15) is 9.90 Å². The van der Waals surface area contributed by atoms with E-state index in [-0.39, 0.29) is 6.54 Å². The summed E-state index contributed by atoms with van der Waals surface area (Å²) in [5.41, 5.74) is 0.682. The summed E-state index contributed by atoms with van der Waals surface area (Å²) < 4.78 is 10.8. The van der Waals surface area contributed by atoms with Gasteiger partial charge >= 0.3 is 6.09 Å². The molecule has 3 rings (SSSR count). The van der Waals surface area contributed by atoms with E-state index >= 15 is 0 Å². The first-order valence-corrected chi connectivity index (χ1v) is 7.89. The Labute approximate surface area is 140 Å². The summed E-state index contributed by atoms with van der Waals surface area (Å²) in [6.45, 7) is 5.62. The Morgan fingerprint density at radius 3 is 2.83 bits per heavy atom. The zero-order valence-electron chi connectivity index (χ0n) is 14.0. The number of hydrogen-bond acceptors (Lipinski definition) is 6. The third-order valence-electron chi connectivity index (χ3n) is 3.69. The van der Waals surface area contributed by atoms with Crippen molar-refractivity contribution in [3.63, 3.8) is 0 Å². The van der Waals surface area contributed by atoms with Crippen LogP contribution >= 0.6 is 0 Å². The van der Waals surface area contributed by atoms with Crippen LogP contribution in [0, 0.1) is 0 Å². The molecule has 1 amide bonds. The fourth-order valence-corrected chi connectivity index (χ4v) is 2.69. The summed E-state index contributed by atoms with van der Waals surface area (Å²) in [5.74, 6) is 0.512. The smallest absolute Gasteiger partial charge is 0.411 e. The molecule has 0 spiro atoms. The van der Waals surface area contributed by atoms with Crippen LogP contribution in [-0.2, 0) is 4.74 Å². The van der Waals surface area contributed by atoms with Gasteiger partial charge in [0.25, 0.3) is 0 Å². The van der Waals surface area contributed by atoms with Gasteiger partial charge in [0.15, 0.2) is 5.76 Å². The van der Waals surface area contributed by atoms with Crippen LogP contribution in [0.15, 0.2) is 35.0 Å². The number of hydrogen-bond donors (Lipinski definition) is 1. The monoisotopic (exact) mass is 331 g/mol. The van der Waals surface area contributed by atoms with Gasteiger partial charge in [-0.05, 0) is 32.9 Å². The summed E-state index contributed by atoms with van der Waals surface area (Å²) in [5, 5.41) is 14.0. The molecule has 2 atom stereocenters. The molecular weight excluding hydrogens is 310 g/mol. The van der Waals surface area contributed by atoms with Crippen molar-refractivity contribution in [3.05, 3.63) is 36.2 Å². The van der Waals surface area contributed by atoms with Crippen molar-refractivity contribution < 1.29 is 19.2 Å². The molecule has 1 aliphatic rings. The SMILES string of the molecule is CC(C)(C)OC(=O)N1CC(O)CC1c1cc(-c2ccccn2)no1. The number of carbonyl (C=O) groups is 1. The third kappa shape index (κ3) is 3.56. The molecule has 2 unspecified atom stereocenters. The lowest BCUT2D eigenvalue weighted by Crippen LogP contribution is -2.37. The summed E-state index contributed by atoms with van der Waals surface area (Å²) in [6.07, 6.45) is 0.970. The Bertz CT molecular complexity index is 708. The van der Waals surface area contributed by atoms with Crippen LogP contribution in [-0.4, -0.2) is 44.5 Å². The molecule has 2 aromatic rings. The van der Waals surface area contributed by atoms with Gasteiger partial charge in [0.05, 0.1) is 24.4 Å². The maximum absolute atomic E-state index is 12.4. The summed E-state index contributed by atoms with van der Waals surface area (Å²) >= 11 is 0. The molecule has 0 radical (unpaired) electrons. The lowest BCUT2D eigenvalue weighted by molar-refractivity contribution is 0.0188. The fourth-order valence-electron chi connectivity index (χ4n) is 2.69. The first kappa shape index (κ1) is 16.4. The van der Waals surface area contributed by atoms with E-state index in [2.05, 4.69) is 10.1 Å². The predicted molar refractivity (Wildman–Crippen MR) is 86.0 cm³/mol. The van der Waals surface area contributed by atoms with Gasteiger partial charge in [0.1, 0.15) is 11.3 Å². The van der Waals surface area contributed by atoms with Gasteiger partial charge in [0, 0.05) is 18.7 Å². The highest BCUT2D eigenvalue weighted by Gasteiger charge is 2.39. The normalized spacial score (nSPS) is 21.1. The fraction of sp³-hybridized carbons (Fsp3) is 0.471. The van der Waals surface area contributed by atoms with Crippen LogP contribution in [0.5, 0.6) is 0 Å². The number of likely N-dealkylation sites (tertiary alicyclic amines) is 1. The Morgan fingerprint density at radius 1 is 1.38 bits per heavy atom. The van der Waals surface area contributed by atoms with Gasteiger partial charge in [-0.1, -0.05) is 11.2 Å². The lowest BCUT2D eigenvalue weighted by atomic mass is 10.1. The van der Waals surface area contributed by atoms with Crippen LogP contribution in [0.25, 0.3) is 11.4 Å². The topological polar surface area (TPSA) is 88.7 Å². The number of pyridine rings is 1. The average Bonchev–Trinajstić information content (AvgIpc) is 3.12. The molecule has 1 fully saturated rings. The van der Waals surface area contributed by atoms with Crippen LogP contribution in [0.1, 0.15) is 39.0 Å². The number of nitrogens with zero attached hydrogens (tertiary/aromatic N) is 3. The first-order valence-electron chi connectivity index (χ1n) is 7.89. The second-order valence-corrected chi connectivity index (χ2v) is 6.87. The Balaban J connectivity index is 1.82. The molecule has 0 bridgehead atoms. The van der Waals surface area contributed by atoms with E-state index in [1.165, 1.54) is 4.90 Å². The molecule has 3 heterocycles. The molecule has 0 saturated carbocycles. The van der Waals surface area contributed by atoms with E-state index in [4.69, 9.17) is 9.26 Å². The van der Waals surface area contributed by atoms with Crippen molar-refractivity contribution in [1.29, 1.82) is 0 Å². The van der Waals surface area contributed by atoms with Crippen molar-refractivity contribution >= 4 is 6.09 Å². The molecule has 7 heteroatoms. The highest BCUT2D eigenvalue weighted by molar-refractivity contribution is 5.69. The quantitative estimate of drug-likeness (QED) is 0.910. The molecule has 7 nitrogen and oxygen atoms in total. The molecule has 1 aliphatic heterocycles. The molecule has 24 heavy (non-hydrogen) atoms. The van der Waals surface area contributed by atoms with Crippen molar-refractivity contribution in [3.8, 4) is 11.4 Å². The van der Waals surface area contributed by atoms with Crippen molar-refractivity contribution in [2.45, 2.75) is 44.9 Å². The van der Waals surface area contributed by atoms with Crippen molar-refractivity contribution in [2.24, 2.45) is 0 Å². The van der Waals surface area contributed by atoms with E-state index in [0.717, 1.165) is 0 Å². The third-order valence-corrected chi connectivity index (χ3v) is 3.69. The minimum Gasteiger partial charge on any atom is -0.444 e. The number of aromatic nitrogens is 2. The maximum Gasteiger partial charge on any atom is 0.411 e. The zero-order chi connectivity index (χ0) is 17.3. The molecule has 1 N–H and O–H groups in total. The molecule has 2 aromatic heterocycles. The first-order chi connectivity index (χ1) is 11.3. The Hall–Kier alpha value is -2.41.